The van der Waals surface area contributed by atoms with Gasteiger partial charge in [0, 0.05) is 10.7 Å². The van der Waals surface area contributed by atoms with E-state index < -0.39 is 33.8 Å². The summed E-state index contributed by atoms with van der Waals surface area (Å²) < 4.78 is 27.7. The Morgan fingerprint density at radius 2 is 1.92 bits per heavy atom. The van der Waals surface area contributed by atoms with Crippen LogP contribution >= 0.6 is 11.6 Å². The number of anilines is 1. The van der Waals surface area contributed by atoms with Gasteiger partial charge in [0.25, 0.3) is 5.56 Å². The number of nitrogens with one attached hydrogen (secondary N) is 1. The lowest BCUT2D eigenvalue weighted by Crippen LogP contribution is -2.30. The monoisotopic (exact) mass is 370 g/mol. The summed E-state index contributed by atoms with van der Waals surface area (Å²) in [6.45, 7) is 1.01. The molecular formula is C15H15ClN2O5S. The van der Waals surface area contributed by atoms with Crippen molar-refractivity contribution in [2.45, 2.75) is 19.2 Å². The standard InChI is InChI=1S/C15H15ClN2O5S/c1-10-6-7-13(15(21)18(10)8-14(19)20)17-24(22,23)9-11-4-2-3-5-12(11)16/h2-7,17H,8-9H2,1H3,(H,19,20). The number of benzene rings is 1. The maximum absolute atomic E-state index is 12.3. The maximum Gasteiger partial charge on any atom is 0.323 e. The summed E-state index contributed by atoms with van der Waals surface area (Å²) in [6.07, 6.45) is 0. The van der Waals surface area contributed by atoms with Crippen molar-refractivity contribution in [1.82, 2.24) is 4.57 Å². The summed E-state index contributed by atoms with van der Waals surface area (Å²) >= 11 is 5.94. The van der Waals surface area contributed by atoms with Gasteiger partial charge in [-0.15, -0.1) is 0 Å². The van der Waals surface area contributed by atoms with Gasteiger partial charge >= 0.3 is 5.97 Å². The summed E-state index contributed by atoms with van der Waals surface area (Å²) in [5, 5.41) is 9.15. The lowest BCUT2D eigenvalue weighted by molar-refractivity contribution is -0.137. The molecule has 0 fully saturated rings. The summed E-state index contributed by atoms with van der Waals surface area (Å²) in [5.74, 6) is -1.60. The fourth-order valence-electron chi connectivity index (χ4n) is 2.10. The van der Waals surface area contributed by atoms with Crippen LogP contribution < -0.4 is 10.3 Å². The molecule has 0 unspecified atom stereocenters. The quantitative estimate of drug-likeness (QED) is 0.807. The summed E-state index contributed by atoms with van der Waals surface area (Å²) in [6, 6.07) is 9.24. The Kier molecular flexibility index (Phi) is 5.30. The molecule has 0 amide bonds. The van der Waals surface area contributed by atoms with E-state index in [2.05, 4.69) is 4.72 Å². The molecule has 0 aliphatic heterocycles. The first-order valence-corrected chi connectivity index (χ1v) is 8.89. The number of carboxylic acid groups (broad SMARTS) is 1. The van der Waals surface area contributed by atoms with Crippen LogP contribution in [0.15, 0.2) is 41.2 Å². The Balaban J connectivity index is 2.32. The van der Waals surface area contributed by atoms with E-state index >= 15 is 0 Å². The molecule has 0 bridgehead atoms. The minimum absolute atomic E-state index is 0.214. The molecule has 1 heterocycles. The SMILES string of the molecule is Cc1ccc(NS(=O)(=O)Cc2ccccc2Cl)c(=O)n1CC(=O)O. The van der Waals surface area contributed by atoms with E-state index in [1.807, 2.05) is 0 Å². The molecule has 0 atom stereocenters. The second-order valence-corrected chi connectivity index (χ2v) is 7.26. The minimum atomic E-state index is -3.89. The molecule has 1 aromatic heterocycles. The van der Waals surface area contributed by atoms with Crippen molar-refractivity contribution < 1.29 is 18.3 Å². The van der Waals surface area contributed by atoms with E-state index in [0.717, 1.165) is 4.57 Å². The van der Waals surface area contributed by atoms with Crippen LogP contribution in [0.25, 0.3) is 0 Å². The van der Waals surface area contributed by atoms with E-state index in [-0.39, 0.29) is 5.69 Å². The van der Waals surface area contributed by atoms with E-state index in [1.165, 1.54) is 12.1 Å². The number of carbonyl (C=O) groups is 1. The number of hydrogen-bond acceptors (Lipinski definition) is 4. The maximum atomic E-state index is 12.3. The van der Waals surface area contributed by atoms with Gasteiger partial charge in [-0.1, -0.05) is 29.8 Å². The fourth-order valence-corrected chi connectivity index (χ4v) is 3.61. The highest BCUT2D eigenvalue weighted by Gasteiger charge is 2.17. The smallest absolute Gasteiger partial charge is 0.323 e. The Bertz CT molecular complexity index is 937. The molecule has 0 spiro atoms. The molecule has 128 valence electrons. The highest BCUT2D eigenvalue weighted by atomic mass is 35.5. The van der Waals surface area contributed by atoms with Gasteiger partial charge in [-0.25, -0.2) is 8.42 Å². The molecular weight excluding hydrogens is 356 g/mol. The molecule has 0 aliphatic rings. The number of aliphatic carboxylic acids is 1. The van der Waals surface area contributed by atoms with Gasteiger partial charge in [-0.3, -0.25) is 18.9 Å². The third-order valence-corrected chi connectivity index (χ3v) is 4.85. The number of halogens is 1. The molecule has 0 aliphatic carbocycles. The second-order valence-electron chi connectivity index (χ2n) is 5.13. The average molecular weight is 371 g/mol. The number of hydrogen-bond donors (Lipinski definition) is 2. The predicted molar refractivity (Wildman–Crippen MR) is 90.8 cm³/mol. The van der Waals surface area contributed by atoms with Gasteiger partial charge < -0.3 is 5.11 Å². The van der Waals surface area contributed by atoms with Gasteiger partial charge in [0.2, 0.25) is 10.0 Å². The first-order valence-electron chi connectivity index (χ1n) is 6.86. The van der Waals surface area contributed by atoms with Gasteiger partial charge in [-0.05, 0) is 30.7 Å². The molecule has 2 aromatic rings. The fraction of sp³-hybridized carbons (Fsp3) is 0.200. The number of carboxylic acids is 1. The van der Waals surface area contributed by atoms with Crippen LogP contribution in [0.3, 0.4) is 0 Å². The van der Waals surface area contributed by atoms with Gasteiger partial charge in [-0.2, -0.15) is 0 Å². The summed E-state index contributed by atoms with van der Waals surface area (Å²) in [5.41, 5.74) is -0.130. The van der Waals surface area contributed by atoms with Crippen molar-refractivity contribution in [2.24, 2.45) is 0 Å². The van der Waals surface area contributed by atoms with Crippen molar-refractivity contribution in [3.05, 3.63) is 63.0 Å². The van der Waals surface area contributed by atoms with E-state index in [9.17, 15) is 18.0 Å². The van der Waals surface area contributed by atoms with Crippen molar-refractivity contribution in [2.75, 3.05) is 4.72 Å². The molecule has 2 rings (SSSR count). The second kappa shape index (κ2) is 7.06. The molecule has 7 nitrogen and oxygen atoms in total. The zero-order valence-electron chi connectivity index (χ0n) is 12.7. The van der Waals surface area contributed by atoms with Gasteiger partial charge in [0.05, 0.1) is 5.75 Å². The molecule has 0 radical (unpaired) electrons. The molecule has 0 saturated carbocycles. The van der Waals surface area contributed by atoms with Crippen LogP contribution in [-0.4, -0.2) is 24.1 Å². The van der Waals surface area contributed by atoms with Crippen LogP contribution in [-0.2, 0) is 27.1 Å². The topological polar surface area (TPSA) is 105 Å². The zero-order valence-corrected chi connectivity index (χ0v) is 14.3. The predicted octanol–water partition coefficient (Wildman–Crippen LogP) is 1.84. The molecule has 1 aromatic carbocycles. The van der Waals surface area contributed by atoms with Crippen molar-refractivity contribution in [3.63, 3.8) is 0 Å². The van der Waals surface area contributed by atoms with Crippen molar-refractivity contribution in [3.8, 4) is 0 Å². The Hall–Kier alpha value is -2.32. The third kappa shape index (κ3) is 4.36. The summed E-state index contributed by atoms with van der Waals surface area (Å²) in [4.78, 5) is 23.1. The first kappa shape index (κ1) is 18.0. The highest BCUT2D eigenvalue weighted by molar-refractivity contribution is 7.91. The summed E-state index contributed by atoms with van der Waals surface area (Å²) in [7, 11) is -3.89. The van der Waals surface area contributed by atoms with Crippen molar-refractivity contribution >= 4 is 33.3 Å². The number of rotatable bonds is 6. The van der Waals surface area contributed by atoms with Crippen LogP contribution in [0.1, 0.15) is 11.3 Å². The van der Waals surface area contributed by atoms with Crippen molar-refractivity contribution in [1.29, 1.82) is 0 Å². The van der Waals surface area contributed by atoms with Crippen LogP contribution in [0.5, 0.6) is 0 Å². The Morgan fingerprint density at radius 1 is 1.25 bits per heavy atom. The van der Waals surface area contributed by atoms with Crippen LogP contribution in [0, 0.1) is 6.92 Å². The van der Waals surface area contributed by atoms with E-state index in [0.29, 0.717) is 16.3 Å². The minimum Gasteiger partial charge on any atom is -0.480 e. The van der Waals surface area contributed by atoms with Crippen LogP contribution in [0.2, 0.25) is 5.02 Å². The third-order valence-electron chi connectivity index (χ3n) is 3.25. The number of aromatic nitrogens is 1. The number of sulfonamides is 1. The normalized spacial score (nSPS) is 11.2. The number of nitrogens with zero attached hydrogens (tertiary/aromatic N) is 1. The number of pyridine rings is 1. The molecule has 9 heteroatoms. The highest BCUT2D eigenvalue weighted by Crippen LogP contribution is 2.18. The van der Waals surface area contributed by atoms with E-state index in [4.69, 9.17) is 16.7 Å². The van der Waals surface area contributed by atoms with Gasteiger partial charge in [0.1, 0.15) is 12.2 Å². The van der Waals surface area contributed by atoms with E-state index in [1.54, 1.807) is 31.2 Å². The number of aryl methyl sites for hydroxylation is 1. The molecule has 24 heavy (non-hydrogen) atoms. The van der Waals surface area contributed by atoms with Gasteiger partial charge in [0.15, 0.2) is 0 Å². The zero-order chi connectivity index (χ0) is 17.9. The van der Waals surface area contributed by atoms with Crippen LogP contribution in [0.4, 0.5) is 5.69 Å². The Labute approximate surface area is 143 Å². The Morgan fingerprint density at radius 3 is 2.54 bits per heavy atom. The average Bonchev–Trinajstić information content (AvgIpc) is 2.48. The lowest BCUT2D eigenvalue weighted by Gasteiger charge is -2.12. The first-order chi connectivity index (χ1) is 11.2. The molecule has 0 saturated heterocycles. The largest absolute Gasteiger partial charge is 0.480 e. The lowest BCUT2D eigenvalue weighted by atomic mass is 10.2. The molecule has 2 N–H and O–H groups in total.